The van der Waals surface area contributed by atoms with E-state index in [0.717, 1.165) is 27.9 Å². The third kappa shape index (κ3) is 5.24. The van der Waals surface area contributed by atoms with E-state index in [0.29, 0.717) is 5.88 Å². The second-order valence-corrected chi connectivity index (χ2v) is 6.45. The third-order valence-corrected chi connectivity index (χ3v) is 4.43. The van der Waals surface area contributed by atoms with Crippen LogP contribution in [0, 0.1) is 11.3 Å². The molecule has 4 aromatic heterocycles. The molecule has 0 saturated carbocycles. The van der Waals surface area contributed by atoms with Crippen molar-refractivity contribution in [2.45, 2.75) is 18.6 Å². The molecule has 10 nitrogen and oxygen atoms in total. The van der Waals surface area contributed by atoms with Gasteiger partial charge >= 0.3 is 12.1 Å². The van der Waals surface area contributed by atoms with Crippen LogP contribution in [-0.4, -0.2) is 54.1 Å². The van der Waals surface area contributed by atoms with Crippen molar-refractivity contribution in [3.63, 3.8) is 0 Å². The van der Waals surface area contributed by atoms with Gasteiger partial charge in [0.15, 0.2) is 0 Å². The minimum absolute atomic E-state index is 0.243. The SMILES string of the molecule is COc1ncccc1C(CC#N)n1cc(-c2ncnc3[nH]ccc23)cn1.O=C(O)C(F)(F)F. The minimum atomic E-state index is -5.08. The van der Waals surface area contributed by atoms with Crippen molar-refractivity contribution < 1.29 is 27.8 Å². The smallest absolute Gasteiger partial charge is 0.481 e. The molecule has 0 spiro atoms. The first-order valence-corrected chi connectivity index (χ1v) is 9.24. The molecule has 0 aromatic carbocycles. The number of nitriles is 1. The quantitative estimate of drug-likeness (QED) is 0.463. The van der Waals surface area contributed by atoms with Gasteiger partial charge in [-0.05, 0) is 18.2 Å². The highest BCUT2D eigenvalue weighted by atomic mass is 19.4. The zero-order valence-electron chi connectivity index (χ0n) is 17.0. The monoisotopic (exact) mass is 459 g/mol. The van der Waals surface area contributed by atoms with Crippen molar-refractivity contribution in [1.82, 2.24) is 29.7 Å². The summed E-state index contributed by atoms with van der Waals surface area (Å²) in [7, 11) is 1.56. The molecule has 0 radical (unpaired) electrons. The molecule has 1 atom stereocenters. The van der Waals surface area contributed by atoms with E-state index in [2.05, 4.69) is 31.1 Å². The molecule has 33 heavy (non-hydrogen) atoms. The number of alkyl halides is 3. The van der Waals surface area contributed by atoms with Gasteiger partial charge in [0, 0.05) is 35.1 Å². The maximum Gasteiger partial charge on any atom is 0.490 e. The Morgan fingerprint density at radius 1 is 1.33 bits per heavy atom. The lowest BCUT2D eigenvalue weighted by Crippen LogP contribution is -2.21. The van der Waals surface area contributed by atoms with E-state index in [-0.39, 0.29) is 12.5 Å². The predicted octanol–water partition coefficient (Wildman–Crippen LogP) is 3.36. The molecular weight excluding hydrogens is 443 g/mol. The van der Waals surface area contributed by atoms with Gasteiger partial charge in [-0.3, -0.25) is 4.68 Å². The number of rotatable bonds is 5. The molecule has 13 heteroatoms. The van der Waals surface area contributed by atoms with Gasteiger partial charge < -0.3 is 14.8 Å². The summed E-state index contributed by atoms with van der Waals surface area (Å²) in [6, 6.07) is 7.55. The Morgan fingerprint density at radius 3 is 2.76 bits per heavy atom. The van der Waals surface area contributed by atoms with Crippen LogP contribution < -0.4 is 4.74 Å². The molecule has 0 amide bonds. The number of hydrogen-bond acceptors (Lipinski definition) is 7. The maximum absolute atomic E-state index is 10.6. The Morgan fingerprint density at radius 2 is 2.09 bits per heavy atom. The van der Waals surface area contributed by atoms with Crippen LogP contribution in [-0.2, 0) is 4.79 Å². The highest BCUT2D eigenvalue weighted by Gasteiger charge is 2.38. The van der Waals surface area contributed by atoms with Crippen molar-refractivity contribution in [1.29, 1.82) is 5.26 Å². The first-order valence-electron chi connectivity index (χ1n) is 9.24. The molecule has 0 aliphatic carbocycles. The Kier molecular flexibility index (Phi) is 6.87. The molecule has 0 fully saturated rings. The number of carbonyl (C=O) groups is 1. The fraction of sp³-hybridized carbons (Fsp3) is 0.200. The largest absolute Gasteiger partial charge is 0.490 e. The van der Waals surface area contributed by atoms with E-state index in [4.69, 9.17) is 14.6 Å². The number of nitrogens with one attached hydrogen (secondary N) is 1. The number of carboxylic acid groups (broad SMARTS) is 1. The summed E-state index contributed by atoms with van der Waals surface area (Å²) in [4.78, 5) is 24.8. The molecule has 4 heterocycles. The fourth-order valence-corrected chi connectivity index (χ4v) is 2.99. The van der Waals surface area contributed by atoms with Crippen molar-refractivity contribution in [3.05, 3.63) is 54.9 Å². The summed E-state index contributed by atoms with van der Waals surface area (Å²) in [5.74, 6) is -2.27. The Balaban J connectivity index is 0.000000383. The summed E-state index contributed by atoms with van der Waals surface area (Å²) in [5, 5.41) is 21.8. The van der Waals surface area contributed by atoms with Gasteiger partial charge in [0.25, 0.3) is 0 Å². The number of H-pyrrole nitrogens is 1. The summed E-state index contributed by atoms with van der Waals surface area (Å²) in [5.41, 5.74) is 3.21. The number of nitrogens with zero attached hydrogens (tertiary/aromatic N) is 6. The van der Waals surface area contributed by atoms with E-state index in [1.165, 1.54) is 6.33 Å². The third-order valence-electron chi connectivity index (χ3n) is 4.43. The Bertz CT molecular complexity index is 1290. The lowest BCUT2D eigenvalue weighted by molar-refractivity contribution is -0.192. The van der Waals surface area contributed by atoms with Crippen molar-refractivity contribution in [3.8, 4) is 23.2 Å². The second-order valence-electron chi connectivity index (χ2n) is 6.45. The van der Waals surface area contributed by atoms with Gasteiger partial charge in [0.2, 0.25) is 5.88 Å². The van der Waals surface area contributed by atoms with Crippen molar-refractivity contribution in [2.24, 2.45) is 0 Å². The first-order chi connectivity index (χ1) is 15.8. The van der Waals surface area contributed by atoms with Gasteiger partial charge in [-0.1, -0.05) is 0 Å². The number of ether oxygens (including phenoxy) is 1. The molecule has 170 valence electrons. The van der Waals surface area contributed by atoms with E-state index in [1.54, 1.807) is 24.2 Å². The van der Waals surface area contributed by atoms with Crippen LogP contribution in [0.25, 0.3) is 22.3 Å². The fourth-order valence-electron chi connectivity index (χ4n) is 2.99. The molecule has 2 N–H and O–H groups in total. The first kappa shape index (κ1) is 23.2. The lowest BCUT2D eigenvalue weighted by Gasteiger charge is -2.16. The number of hydrogen-bond donors (Lipinski definition) is 2. The average Bonchev–Trinajstić information content (AvgIpc) is 3.47. The molecule has 0 saturated heterocycles. The van der Waals surface area contributed by atoms with Gasteiger partial charge in [0.05, 0.1) is 37.5 Å². The van der Waals surface area contributed by atoms with Crippen LogP contribution in [0.1, 0.15) is 18.0 Å². The molecule has 0 bridgehead atoms. The standard InChI is InChI=1S/C18H15N7O.C2HF3O2/c1-26-18-13(3-2-7-21-18)15(4-6-19)25-10-12(9-24-25)16-14-5-8-20-17(14)23-11-22-16;3-2(4,5)1(6)7/h2-3,5,7-11,15H,4H2,1H3,(H,20,22,23);(H,6,7). The summed E-state index contributed by atoms with van der Waals surface area (Å²) in [6.07, 6.45) is 3.77. The number of halogens is 3. The maximum atomic E-state index is 10.6. The second kappa shape index (κ2) is 9.77. The van der Waals surface area contributed by atoms with Gasteiger partial charge in [-0.15, -0.1) is 0 Å². The Hall–Kier alpha value is -4.47. The van der Waals surface area contributed by atoms with Gasteiger partial charge in [-0.2, -0.15) is 23.5 Å². The molecular formula is C20H16F3N7O3. The van der Waals surface area contributed by atoms with Crippen molar-refractivity contribution >= 4 is 17.0 Å². The van der Waals surface area contributed by atoms with Gasteiger partial charge in [-0.25, -0.2) is 19.7 Å². The topological polar surface area (TPSA) is 143 Å². The zero-order valence-corrected chi connectivity index (χ0v) is 17.0. The highest BCUT2D eigenvalue weighted by molar-refractivity contribution is 5.90. The van der Waals surface area contributed by atoms with E-state index in [1.807, 2.05) is 30.6 Å². The summed E-state index contributed by atoms with van der Waals surface area (Å²) < 4.78 is 38.8. The molecule has 0 aliphatic heterocycles. The molecule has 0 aliphatic rings. The number of aromatic amines is 1. The van der Waals surface area contributed by atoms with E-state index < -0.39 is 12.1 Å². The van der Waals surface area contributed by atoms with E-state index in [9.17, 15) is 18.4 Å². The van der Waals surface area contributed by atoms with Crippen LogP contribution in [0.3, 0.4) is 0 Å². The Labute approximate surface area is 184 Å². The number of aromatic nitrogens is 6. The van der Waals surface area contributed by atoms with Crippen LogP contribution in [0.2, 0.25) is 0 Å². The zero-order chi connectivity index (χ0) is 24.0. The summed E-state index contributed by atoms with van der Waals surface area (Å²) in [6.45, 7) is 0. The number of pyridine rings is 1. The molecule has 4 rings (SSSR count). The van der Waals surface area contributed by atoms with Gasteiger partial charge in [0.1, 0.15) is 12.0 Å². The highest BCUT2D eigenvalue weighted by Crippen LogP contribution is 2.30. The summed E-state index contributed by atoms with van der Waals surface area (Å²) >= 11 is 0. The van der Waals surface area contributed by atoms with Crippen molar-refractivity contribution in [2.75, 3.05) is 7.11 Å². The van der Waals surface area contributed by atoms with Crippen LogP contribution in [0.4, 0.5) is 13.2 Å². The normalized spacial score (nSPS) is 11.8. The number of aliphatic carboxylic acids is 1. The average molecular weight is 459 g/mol. The molecule has 1 unspecified atom stereocenters. The van der Waals surface area contributed by atoms with Crippen LogP contribution >= 0.6 is 0 Å². The minimum Gasteiger partial charge on any atom is -0.481 e. The molecule has 4 aromatic rings. The lowest BCUT2D eigenvalue weighted by atomic mass is 10.1. The number of fused-ring (bicyclic) bond motifs is 1. The van der Waals surface area contributed by atoms with Crippen LogP contribution in [0.15, 0.2) is 49.3 Å². The number of methoxy groups -OCH3 is 1. The van der Waals surface area contributed by atoms with Crippen LogP contribution in [0.5, 0.6) is 5.88 Å². The predicted molar refractivity (Wildman–Crippen MR) is 108 cm³/mol. The number of carboxylic acids is 1. The van der Waals surface area contributed by atoms with E-state index >= 15 is 0 Å².